The zero-order valence-electron chi connectivity index (χ0n) is 24.9. The molecule has 6 rings (SSSR count). The summed E-state index contributed by atoms with van der Waals surface area (Å²) in [7, 11) is 0. The van der Waals surface area contributed by atoms with Crippen molar-refractivity contribution in [2.75, 3.05) is 19.7 Å². The molecule has 40 heavy (non-hydrogen) atoms. The SMILES string of the molecule is Cc1c(C(=O)N2CCC(C(=O)O)CC2)cc(-c2cc(C(C)(C)C)c3c(c2)C2(CCO3)CC2)n1CC1CCCCC1. The minimum absolute atomic E-state index is 0.0426. The summed E-state index contributed by atoms with van der Waals surface area (Å²) in [6.45, 7) is 11.7. The smallest absolute Gasteiger partial charge is 0.306 e. The summed E-state index contributed by atoms with van der Waals surface area (Å²) in [6.07, 6.45) is 11.0. The van der Waals surface area contributed by atoms with Gasteiger partial charge in [0.2, 0.25) is 0 Å². The molecule has 3 heterocycles. The first-order valence-electron chi connectivity index (χ1n) is 15.6. The number of carbonyl (C=O) groups excluding carboxylic acids is 1. The molecule has 216 valence electrons. The minimum atomic E-state index is -0.747. The first-order chi connectivity index (χ1) is 19.1. The Bertz CT molecular complexity index is 1280. The molecule has 2 saturated carbocycles. The van der Waals surface area contributed by atoms with Crippen molar-refractivity contribution in [3.8, 4) is 17.0 Å². The van der Waals surface area contributed by atoms with Gasteiger partial charge in [-0.05, 0) is 87.0 Å². The molecule has 0 radical (unpaired) electrons. The largest absolute Gasteiger partial charge is 0.493 e. The Morgan fingerprint density at radius 2 is 1.70 bits per heavy atom. The van der Waals surface area contributed by atoms with Crippen molar-refractivity contribution in [2.24, 2.45) is 11.8 Å². The van der Waals surface area contributed by atoms with E-state index >= 15 is 0 Å². The fraction of sp³-hybridized carbons (Fsp3) is 0.647. The van der Waals surface area contributed by atoms with Crippen LogP contribution in [-0.4, -0.2) is 46.1 Å². The Kier molecular flexibility index (Phi) is 7.03. The fourth-order valence-corrected chi connectivity index (χ4v) is 7.50. The van der Waals surface area contributed by atoms with Crippen molar-refractivity contribution in [3.05, 3.63) is 40.6 Å². The number of ether oxygens (including phenoxy) is 1. The van der Waals surface area contributed by atoms with Gasteiger partial charge in [-0.15, -0.1) is 0 Å². The number of piperidine rings is 1. The molecule has 0 bridgehead atoms. The number of carboxylic acid groups (broad SMARTS) is 1. The highest BCUT2D eigenvalue weighted by molar-refractivity contribution is 5.97. The molecular formula is C34H46N2O4. The molecule has 1 saturated heterocycles. The zero-order valence-corrected chi connectivity index (χ0v) is 24.9. The summed E-state index contributed by atoms with van der Waals surface area (Å²) in [6, 6.07) is 6.86. The van der Waals surface area contributed by atoms with E-state index < -0.39 is 5.97 Å². The van der Waals surface area contributed by atoms with Gasteiger partial charge in [0.15, 0.2) is 0 Å². The van der Waals surface area contributed by atoms with Gasteiger partial charge in [0, 0.05) is 47.6 Å². The Morgan fingerprint density at radius 3 is 2.33 bits per heavy atom. The van der Waals surface area contributed by atoms with Crippen molar-refractivity contribution in [1.82, 2.24) is 9.47 Å². The number of fused-ring (bicyclic) bond motifs is 2. The van der Waals surface area contributed by atoms with Crippen LogP contribution in [0.3, 0.4) is 0 Å². The van der Waals surface area contributed by atoms with Crippen LogP contribution < -0.4 is 4.74 Å². The average Bonchev–Trinajstić information content (AvgIpc) is 3.64. The third kappa shape index (κ3) is 4.96. The van der Waals surface area contributed by atoms with Crippen LogP contribution in [-0.2, 0) is 22.2 Å². The molecule has 1 aromatic carbocycles. The lowest BCUT2D eigenvalue weighted by Gasteiger charge is -2.33. The summed E-state index contributed by atoms with van der Waals surface area (Å²) in [5.74, 6) is 0.676. The molecule has 0 unspecified atom stereocenters. The number of carboxylic acids is 1. The van der Waals surface area contributed by atoms with E-state index in [1.807, 2.05) is 4.90 Å². The topological polar surface area (TPSA) is 71.8 Å². The number of nitrogens with zero attached hydrogens (tertiary/aromatic N) is 2. The number of hydrogen-bond donors (Lipinski definition) is 1. The van der Waals surface area contributed by atoms with Crippen molar-refractivity contribution >= 4 is 11.9 Å². The molecule has 1 N–H and O–H groups in total. The highest BCUT2D eigenvalue weighted by atomic mass is 16.5. The molecule has 1 spiro atoms. The number of hydrogen-bond acceptors (Lipinski definition) is 3. The molecular weight excluding hydrogens is 500 g/mol. The maximum atomic E-state index is 13.9. The van der Waals surface area contributed by atoms with Gasteiger partial charge in [-0.3, -0.25) is 9.59 Å². The Labute approximate surface area is 239 Å². The van der Waals surface area contributed by atoms with Crippen LogP contribution in [0.25, 0.3) is 11.3 Å². The van der Waals surface area contributed by atoms with Gasteiger partial charge < -0.3 is 19.3 Å². The van der Waals surface area contributed by atoms with E-state index in [1.54, 1.807) is 0 Å². The van der Waals surface area contributed by atoms with Gasteiger partial charge in [0.25, 0.3) is 5.91 Å². The maximum Gasteiger partial charge on any atom is 0.306 e. The third-order valence-corrected chi connectivity index (χ3v) is 10.3. The molecule has 4 aliphatic rings. The second-order valence-electron chi connectivity index (χ2n) is 14.1. The average molecular weight is 547 g/mol. The lowest BCUT2D eigenvalue weighted by molar-refractivity contribution is -0.143. The fourth-order valence-electron chi connectivity index (χ4n) is 7.50. The summed E-state index contributed by atoms with van der Waals surface area (Å²) in [5, 5.41) is 9.44. The second-order valence-corrected chi connectivity index (χ2v) is 14.1. The van der Waals surface area contributed by atoms with Crippen LogP contribution in [0, 0.1) is 18.8 Å². The van der Waals surface area contributed by atoms with Crippen molar-refractivity contribution in [2.45, 2.75) is 109 Å². The van der Waals surface area contributed by atoms with Crippen LogP contribution >= 0.6 is 0 Å². The van der Waals surface area contributed by atoms with Gasteiger partial charge in [-0.1, -0.05) is 40.0 Å². The standard InChI is InChI=1S/C34H46N2O4/c1-22-26(31(37)35-15-10-24(11-16-35)32(38)39)20-29(36(22)21-23-8-6-5-7-9-23)25-18-27(33(2,3)4)30-28(19-25)34(12-13-34)14-17-40-30/h18-20,23-24H,5-17,21H2,1-4H3,(H,38,39). The van der Waals surface area contributed by atoms with E-state index in [4.69, 9.17) is 4.74 Å². The first-order valence-corrected chi connectivity index (χ1v) is 15.6. The van der Waals surface area contributed by atoms with Crippen molar-refractivity contribution < 1.29 is 19.4 Å². The van der Waals surface area contributed by atoms with Gasteiger partial charge in [0.1, 0.15) is 5.75 Å². The zero-order chi connectivity index (χ0) is 28.2. The van der Waals surface area contributed by atoms with Crippen molar-refractivity contribution in [1.29, 1.82) is 0 Å². The van der Waals surface area contributed by atoms with Gasteiger partial charge in [0.05, 0.1) is 18.1 Å². The minimum Gasteiger partial charge on any atom is -0.493 e. The predicted octanol–water partition coefficient (Wildman–Crippen LogP) is 7.09. The van der Waals surface area contributed by atoms with E-state index in [-0.39, 0.29) is 22.7 Å². The molecule has 1 aromatic heterocycles. The summed E-state index contributed by atoms with van der Waals surface area (Å²) in [5.41, 5.74) is 6.98. The van der Waals surface area contributed by atoms with Crippen LogP contribution in [0.15, 0.2) is 18.2 Å². The quantitative estimate of drug-likeness (QED) is 0.435. The van der Waals surface area contributed by atoms with E-state index in [1.165, 1.54) is 61.6 Å². The lowest BCUT2D eigenvalue weighted by Crippen LogP contribution is -2.40. The summed E-state index contributed by atoms with van der Waals surface area (Å²) < 4.78 is 8.80. The third-order valence-electron chi connectivity index (χ3n) is 10.3. The van der Waals surface area contributed by atoms with Gasteiger partial charge in [-0.2, -0.15) is 0 Å². The van der Waals surface area contributed by atoms with E-state index in [9.17, 15) is 14.7 Å². The molecule has 6 nitrogen and oxygen atoms in total. The predicted molar refractivity (Wildman–Crippen MR) is 157 cm³/mol. The van der Waals surface area contributed by atoms with E-state index in [2.05, 4.69) is 50.5 Å². The molecule has 0 atom stereocenters. The molecule has 6 heteroatoms. The van der Waals surface area contributed by atoms with E-state index in [0.29, 0.717) is 31.8 Å². The van der Waals surface area contributed by atoms with Crippen LogP contribution in [0.5, 0.6) is 5.75 Å². The Balaban J connectivity index is 1.43. The van der Waals surface area contributed by atoms with Crippen LogP contribution in [0.2, 0.25) is 0 Å². The second kappa shape index (κ2) is 10.3. The number of rotatable bonds is 5. The molecule has 1 amide bonds. The normalized spacial score (nSPS) is 21.2. The summed E-state index contributed by atoms with van der Waals surface area (Å²) >= 11 is 0. The number of aromatic nitrogens is 1. The lowest BCUT2D eigenvalue weighted by atomic mass is 9.79. The maximum absolute atomic E-state index is 13.9. The Morgan fingerprint density at radius 1 is 1.00 bits per heavy atom. The summed E-state index contributed by atoms with van der Waals surface area (Å²) in [4.78, 5) is 27.3. The number of carbonyl (C=O) groups is 2. The highest BCUT2D eigenvalue weighted by Crippen LogP contribution is 2.58. The van der Waals surface area contributed by atoms with Gasteiger partial charge in [-0.25, -0.2) is 0 Å². The number of likely N-dealkylation sites (tertiary alicyclic amines) is 1. The van der Waals surface area contributed by atoms with Crippen molar-refractivity contribution in [3.63, 3.8) is 0 Å². The Hall–Kier alpha value is -2.76. The van der Waals surface area contributed by atoms with Gasteiger partial charge >= 0.3 is 5.97 Å². The highest BCUT2D eigenvalue weighted by Gasteiger charge is 2.49. The van der Waals surface area contributed by atoms with Crippen LogP contribution in [0.4, 0.5) is 0 Å². The number of benzene rings is 1. The molecule has 2 aliphatic carbocycles. The molecule has 2 aliphatic heterocycles. The van der Waals surface area contributed by atoms with Crippen LogP contribution in [0.1, 0.15) is 112 Å². The molecule has 3 fully saturated rings. The monoisotopic (exact) mass is 546 g/mol. The van der Waals surface area contributed by atoms with E-state index in [0.717, 1.165) is 42.3 Å². The number of aliphatic carboxylic acids is 1. The first kappa shape index (κ1) is 27.4. The number of amides is 1. The molecule has 2 aromatic rings.